The highest BCUT2D eigenvalue weighted by Gasteiger charge is 2.28. The second-order valence-corrected chi connectivity index (χ2v) is 8.84. The summed E-state index contributed by atoms with van der Waals surface area (Å²) in [6.45, 7) is 10.0. The number of carboxylic acid groups (broad SMARTS) is 1. The van der Waals surface area contributed by atoms with Crippen molar-refractivity contribution in [3.63, 3.8) is 0 Å². The molecule has 30 heavy (non-hydrogen) atoms. The Labute approximate surface area is 176 Å². The predicted molar refractivity (Wildman–Crippen MR) is 110 cm³/mol. The van der Waals surface area contributed by atoms with Crippen LogP contribution in [0.2, 0.25) is 0 Å². The Morgan fingerprint density at radius 3 is 1.93 bits per heavy atom. The van der Waals surface area contributed by atoms with Crippen molar-refractivity contribution in [2.45, 2.75) is 71.2 Å². The summed E-state index contributed by atoms with van der Waals surface area (Å²) < 4.78 is 11.0. The van der Waals surface area contributed by atoms with Gasteiger partial charge >= 0.3 is 12.1 Å². The quantitative estimate of drug-likeness (QED) is 0.500. The lowest BCUT2D eigenvalue weighted by molar-refractivity contribution is -0.143. The van der Waals surface area contributed by atoms with Crippen LogP contribution in [-0.4, -0.2) is 58.1 Å². The number of carbonyl (C=O) groups excluding carboxylic acids is 2. The average molecular weight is 424 g/mol. The van der Waals surface area contributed by atoms with Crippen LogP contribution in [-0.2, 0) is 20.7 Å². The van der Waals surface area contributed by atoms with Gasteiger partial charge in [-0.05, 0) is 59.2 Å². The second kappa shape index (κ2) is 10.3. The van der Waals surface area contributed by atoms with Gasteiger partial charge in [-0.2, -0.15) is 0 Å². The molecule has 0 aliphatic carbocycles. The molecule has 1 rings (SSSR count). The molecular formula is C21H32N2O7. The van der Waals surface area contributed by atoms with Crippen molar-refractivity contribution in [1.82, 2.24) is 10.6 Å². The zero-order valence-electron chi connectivity index (χ0n) is 18.3. The van der Waals surface area contributed by atoms with E-state index in [2.05, 4.69) is 10.6 Å². The van der Waals surface area contributed by atoms with E-state index in [1.807, 2.05) is 20.8 Å². The summed E-state index contributed by atoms with van der Waals surface area (Å²) >= 11 is 0. The van der Waals surface area contributed by atoms with Crippen LogP contribution >= 0.6 is 0 Å². The van der Waals surface area contributed by atoms with Gasteiger partial charge in [-0.25, -0.2) is 9.59 Å². The van der Waals surface area contributed by atoms with Crippen molar-refractivity contribution in [2.75, 3.05) is 6.61 Å². The number of aliphatic hydroxyl groups excluding tert-OH is 1. The largest absolute Gasteiger partial charge is 0.488 e. The number of aliphatic hydroxyl groups is 1. The van der Waals surface area contributed by atoms with Gasteiger partial charge in [-0.15, -0.1) is 0 Å². The minimum Gasteiger partial charge on any atom is -0.488 e. The second-order valence-electron chi connectivity index (χ2n) is 8.84. The minimum absolute atomic E-state index is 0.0820. The summed E-state index contributed by atoms with van der Waals surface area (Å²) in [4.78, 5) is 35.9. The predicted octanol–water partition coefficient (Wildman–Crippen LogP) is 1.86. The molecule has 0 aliphatic heterocycles. The Kier molecular flexibility index (Phi) is 8.65. The Morgan fingerprint density at radius 2 is 1.50 bits per heavy atom. The van der Waals surface area contributed by atoms with Crippen LogP contribution in [0, 0.1) is 0 Å². The normalized spacial score (nSPS) is 13.7. The summed E-state index contributed by atoms with van der Waals surface area (Å²) in [5.41, 5.74) is -0.423. The van der Waals surface area contributed by atoms with Crippen LogP contribution in [0.3, 0.4) is 0 Å². The number of benzene rings is 1. The number of carbonyl (C=O) groups is 3. The number of ether oxygens (including phenoxy) is 2. The topological polar surface area (TPSA) is 134 Å². The molecule has 4 N–H and O–H groups in total. The van der Waals surface area contributed by atoms with E-state index in [1.54, 1.807) is 45.0 Å². The molecule has 0 saturated heterocycles. The number of hydrogen-bond donors (Lipinski definition) is 4. The third-order valence-electron chi connectivity index (χ3n) is 3.59. The Hall–Kier alpha value is -2.81. The SMILES string of the molecule is CC(C)(C)OC(=O)N[C@@H](Cc1ccc(OC(C)(C)C)cc1)C(=O)N[C@H](CO)C(=O)O. The molecule has 0 radical (unpaired) electrons. The summed E-state index contributed by atoms with van der Waals surface area (Å²) in [5.74, 6) is -1.48. The number of aliphatic carboxylic acids is 1. The van der Waals surface area contributed by atoms with Gasteiger partial charge in [0, 0.05) is 6.42 Å². The molecule has 2 amide bonds. The van der Waals surface area contributed by atoms with Crippen molar-refractivity contribution in [3.8, 4) is 5.75 Å². The van der Waals surface area contributed by atoms with E-state index in [1.165, 1.54) is 0 Å². The fourth-order valence-electron chi connectivity index (χ4n) is 2.40. The van der Waals surface area contributed by atoms with Gasteiger partial charge in [0.2, 0.25) is 5.91 Å². The molecule has 0 saturated carbocycles. The van der Waals surface area contributed by atoms with Crippen molar-refractivity contribution in [1.29, 1.82) is 0 Å². The monoisotopic (exact) mass is 424 g/mol. The fourth-order valence-corrected chi connectivity index (χ4v) is 2.40. The smallest absolute Gasteiger partial charge is 0.408 e. The highest BCUT2D eigenvalue weighted by atomic mass is 16.6. The molecule has 2 atom stereocenters. The van der Waals surface area contributed by atoms with Gasteiger partial charge in [-0.1, -0.05) is 12.1 Å². The van der Waals surface area contributed by atoms with Gasteiger partial charge in [0.1, 0.15) is 29.0 Å². The van der Waals surface area contributed by atoms with Gasteiger partial charge in [0.25, 0.3) is 0 Å². The highest BCUT2D eigenvalue weighted by Crippen LogP contribution is 2.19. The van der Waals surface area contributed by atoms with Crippen molar-refractivity contribution < 1.29 is 34.1 Å². The maximum Gasteiger partial charge on any atom is 0.408 e. The number of carboxylic acids is 1. The van der Waals surface area contributed by atoms with Gasteiger partial charge in [0.05, 0.1) is 6.61 Å². The van der Waals surface area contributed by atoms with E-state index in [0.717, 1.165) is 0 Å². The molecule has 0 aliphatic rings. The fraction of sp³-hybridized carbons (Fsp3) is 0.571. The zero-order chi connectivity index (χ0) is 23.1. The average Bonchev–Trinajstić information content (AvgIpc) is 2.57. The van der Waals surface area contributed by atoms with Gasteiger partial charge in [-0.3, -0.25) is 4.79 Å². The third-order valence-corrected chi connectivity index (χ3v) is 3.59. The number of nitrogens with one attached hydrogen (secondary N) is 2. The lowest BCUT2D eigenvalue weighted by Gasteiger charge is -2.24. The van der Waals surface area contributed by atoms with E-state index in [4.69, 9.17) is 19.7 Å². The molecule has 1 aromatic rings. The summed E-state index contributed by atoms with van der Waals surface area (Å²) in [7, 11) is 0. The first kappa shape index (κ1) is 25.2. The minimum atomic E-state index is -1.48. The molecule has 9 heteroatoms. The molecular weight excluding hydrogens is 392 g/mol. The van der Waals surface area contributed by atoms with Gasteiger partial charge < -0.3 is 30.3 Å². The molecule has 0 heterocycles. The zero-order valence-corrected chi connectivity index (χ0v) is 18.3. The molecule has 0 bridgehead atoms. The molecule has 168 valence electrons. The third kappa shape index (κ3) is 9.60. The molecule has 9 nitrogen and oxygen atoms in total. The van der Waals surface area contributed by atoms with Crippen LogP contribution in [0.1, 0.15) is 47.1 Å². The number of amides is 2. The summed E-state index contributed by atoms with van der Waals surface area (Å²) in [6, 6.07) is 4.40. The maximum atomic E-state index is 12.6. The Balaban J connectivity index is 2.97. The first-order valence-electron chi connectivity index (χ1n) is 9.61. The van der Waals surface area contributed by atoms with E-state index < -0.39 is 42.3 Å². The molecule has 0 fully saturated rings. The molecule has 0 aromatic heterocycles. The standard InChI is InChI=1S/C21H32N2O7/c1-20(2,3)29-14-9-7-13(8-10-14)11-15(23-19(28)30-21(4,5)6)17(25)22-16(12-24)18(26)27/h7-10,15-16,24H,11-12H2,1-6H3,(H,22,25)(H,23,28)(H,26,27)/t15-,16+/m0/s1. The first-order chi connectivity index (χ1) is 13.7. The summed E-state index contributed by atoms with van der Waals surface area (Å²) in [6.07, 6.45) is -0.732. The van der Waals surface area contributed by atoms with Crippen LogP contribution in [0.15, 0.2) is 24.3 Å². The Bertz CT molecular complexity index is 733. The van der Waals surface area contributed by atoms with Crippen LogP contribution in [0.5, 0.6) is 5.75 Å². The first-order valence-corrected chi connectivity index (χ1v) is 9.61. The van der Waals surface area contributed by atoms with E-state index in [9.17, 15) is 14.4 Å². The van der Waals surface area contributed by atoms with Crippen molar-refractivity contribution in [3.05, 3.63) is 29.8 Å². The van der Waals surface area contributed by atoms with Crippen molar-refractivity contribution in [2.24, 2.45) is 0 Å². The van der Waals surface area contributed by atoms with E-state index in [-0.39, 0.29) is 12.0 Å². The summed E-state index contributed by atoms with van der Waals surface area (Å²) in [5, 5.41) is 22.9. The Morgan fingerprint density at radius 1 is 0.933 bits per heavy atom. The number of alkyl carbamates (subject to hydrolysis) is 1. The molecule has 1 aromatic carbocycles. The maximum absolute atomic E-state index is 12.6. The highest BCUT2D eigenvalue weighted by molar-refractivity contribution is 5.89. The van der Waals surface area contributed by atoms with Gasteiger partial charge in [0.15, 0.2) is 0 Å². The molecule has 0 unspecified atom stereocenters. The number of hydrogen-bond acceptors (Lipinski definition) is 6. The van der Waals surface area contributed by atoms with Crippen LogP contribution < -0.4 is 15.4 Å². The lowest BCUT2D eigenvalue weighted by atomic mass is 10.0. The van der Waals surface area contributed by atoms with E-state index in [0.29, 0.717) is 11.3 Å². The molecule has 0 spiro atoms. The van der Waals surface area contributed by atoms with Crippen LogP contribution in [0.25, 0.3) is 0 Å². The van der Waals surface area contributed by atoms with E-state index >= 15 is 0 Å². The van der Waals surface area contributed by atoms with Crippen molar-refractivity contribution >= 4 is 18.0 Å². The lowest BCUT2D eigenvalue weighted by Crippen LogP contribution is -2.54. The number of rotatable bonds is 8. The van der Waals surface area contributed by atoms with Crippen LogP contribution in [0.4, 0.5) is 4.79 Å².